The Morgan fingerprint density at radius 3 is 2.20 bits per heavy atom. The molecule has 1 rings (SSSR count). The van der Waals surface area contributed by atoms with E-state index < -0.39 is 11.8 Å². The van der Waals surface area contributed by atoms with Crippen molar-refractivity contribution in [2.75, 3.05) is 0 Å². The topological polar surface area (TPSA) is 0 Å². The second kappa shape index (κ2) is 2.48. The molecule has 2 heteroatoms. The third-order valence-corrected chi connectivity index (χ3v) is 2.43. The summed E-state index contributed by atoms with van der Waals surface area (Å²) in [6.07, 6.45) is 1.75. The Bertz CT molecular complexity index is 120. The Labute approximate surface area is 60.6 Å². The van der Waals surface area contributed by atoms with E-state index in [2.05, 4.69) is 0 Å². The number of hydrogen-bond acceptors (Lipinski definition) is 0. The predicted molar refractivity (Wildman–Crippen MR) is 37.1 cm³/mol. The van der Waals surface area contributed by atoms with Crippen LogP contribution in [0.3, 0.4) is 0 Å². The lowest BCUT2D eigenvalue weighted by molar-refractivity contribution is -0.0927. The first kappa shape index (κ1) is 7.96. The number of halogens is 2. The summed E-state index contributed by atoms with van der Waals surface area (Å²) in [4.78, 5) is 0. The summed E-state index contributed by atoms with van der Waals surface area (Å²) in [5.41, 5.74) is 0. The minimum atomic E-state index is -2.39. The molecule has 60 valence electrons. The van der Waals surface area contributed by atoms with Gasteiger partial charge in [0.2, 0.25) is 0 Å². The molecule has 1 aliphatic carbocycles. The Morgan fingerprint density at radius 1 is 1.20 bits per heavy atom. The first-order chi connectivity index (χ1) is 4.52. The first-order valence-electron chi connectivity index (χ1n) is 3.90. The lowest BCUT2D eigenvalue weighted by Crippen LogP contribution is -2.32. The van der Waals surface area contributed by atoms with Crippen LogP contribution in [0.1, 0.15) is 33.1 Å². The Balaban J connectivity index is 2.55. The summed E-state index contributed by atoms with van der Waals surface area (Å²) in [5, 5.41) is 0. The molecule has 0 aromatic heterocycles. The van der Waals surface area contributed by atoms with Crippen molar-refractivity contribution in [1.29, 1.82) is 0 Å². The van der Waals surface area contributed by atoms with Gasteiger partial charge in [-0.25, -0.2) is 8.78 Å². The van der Waals surface area contributed by atoms with Gasteiger partial charge in [0.05, 0.1) is 0 Å². The molecule has 0 aromatic carbocycles. The van der Waals surface area contributed by atoms with Crippen LogP contribution in [-0.2, 0) is 0 Å². The Morgan fingerprint density at radius 2 is 1.80 bits per heavy atom. The zero-order valence-corrected chi connectivity index (χ0v) is 6.53. The highest BCUT2D eigenvalue weighted by Crippen LogP contribution is 2.40. The minimum absolute atomic E-state index is 0.0914. The maximum Gasteiger partial charge on any atom is 0.250 e. The molecule has 1 saturated carbocycles. The van der Waals surface area contributed by atoms with Crippen LogP contribution < -0.4 is 0 Å². The molecule has 0 N–H and O–H groups in total. The van der Waals surface area contributed by atoms with E-state index in [1.165, 1.54) is 0 Å². The summed E-state index contributed by atoms with van der Waals surface area (Å²) >= 11 is 0. The Kier molecular flexibility index (Phi) is 1.97. The molecule has 0 radical (unpaired) electrons. The van der Waals surface area contributed by atoms with E-state index in [4.69, 9.17) is 0 Å². The average molecular weight is 148 g/mol. The number of hydrogen-bond donors (Lipinski definition) is 0. The molecule has 1 unspecified atom stereocenters. The molecule has 0 spiro atoms. The quantitative estimate of drug-likeness (QED) is 0.495. The van der Waals surface area contributed by atoms with Crippen LogP contribution in [0.15, 0.2) is 0 Å². The standard InChI is InChI=1S/C8H14F2/c1-6-3-4-7(2)8(9,10)5-6/h6-7H,3-5H2,1-2H3/t6-,7?/m0/s1. The summed E-state index contributed by atoms with van der Waals surface area (Å²) in [7, 11) is 0. The van der Waals surface area contributed by atoms with Crippen molar-refractivity contribution in [3.63, 3.8) is 0 Å². The highest BCUT2D eigenvalue weighted by atomic mass is 19.3. The molecule has 10 heavy (non-hydrogen) atoms. The normalized spacial score (nSPS) is 39.6. The van der Waals surface area contributed by atoms with Crippen LogP contribution in [0.2, 0.25) is 0 Å². The van der Waals surface area contributed by atoms with Gasteiger partial charge in [-0.3, -0.25) is 0 Å². The van der Waals surface area contributed by atoms with Gasteiger partial charge in [-0.05, 0) is 12.3 Å². The Hall–Kier alpha value is -0.140. The second-order valence-corrected chi connectivity index (χ2v) is 3.55. The molecule has 0 nitrogen and oxygen atoms in total. The summed E-state index contributed by atoms with van der Waals surface area (Å²) in [5.74, 6) is -2.58. The van der Waals surface area contributed by atoms with Crippen LogP contribution in [0, 0.1) is 11.8 Å². The SMILES string of the molecule is CC1CC[C@H](C)CC1(F)F. The van der Waals surface area contributed by atoms with E-state index >= 15 is 0 Å². The van der Waals surface area contributed by atoms with E-state index in [1.807, 2.05) is 6.92 Å². The summed E-state index contributed by atoms with van der Waals surface area (Å²) in [6, 6.07) is 0. The molecule has 0 aliphatic heterocycles. The minimum Gasteiger partial charge on any atom is -0.207 e. The van der Waals surface area contributed by atoms with Crippen molar-refractivity contribution >= 4 is 0 Å². The van der Waals surface area contributed by atoms with Crippen molar-refractivity contribution in [3.8, 4) is 0 Å². The van der Waals surface area contributed by atoms with Crippen LogP contribution in [-0.4, -0.2) is 5.92 Å². The summed E-state index contributed by atoms with van der Waals surface area (Å²) < 4.78 is 25.7. The molecular formula is C8H14F2. The van der Waals surface area contributed by atoms with Gasteiger partial charge in [0.15, 0.2) is 0 Å². The van der Waals surface area contributed by atoms with Crippen molar-refractivity contribution in [2.45, 2.75) is 39.0 Å². The van der Waals surface area contributed by atoms with Gasteiger partial charge in [-0.2, -0.15) is 0 Å². The molecule has 0 aromatic rings. The van der Waals surface area contributed by atoms with Crippen molar-refractivity contribution in [2.24, 2.45) is 11.8 Å². The highest BCUT2D eigenvalue weighted by Gasteiger charge is 2.40. The zero-order valence-electron chi connectivity index (χ0n) is 6.53. The van der Waals surface area contributed by atoms with Gasteiger partial charge >= 0.3 is 0 Å². The van der Waals surface area contributed by atoms with E-state index in [9.17, 15) is 8.78 Å². The molecule has 0 bridgehead atoms. The van der Waals surface area contributed by atoms with E-state index in [-0.39, 0.29) is 12.3 Å². The highest BCUT2D eigenvalue weighted by molar-refractivity contribution is 4.81. The molecule has 0 amide bonds. The van der Waals surface area contributed by atoms with Gasteiger partial charge < -0.3 is 0 Å². The van der Waals surface area contributed by atoms with Crippen LogP contribution >= 0.6 is 0 Å². The van der Waals surface area contributed by atoms with Crippen LogP contribution in [0.5, 0.6) is 0 Å². The molecule has 0 heterocycles. The molecular weight excluding hydrogens is 134 g/mol. The third kappa shape index (κ3) is 1.47. The summed E-state index contributed by atoms with van der Waals surface area (Å²) in [6.45, 7) is 3.55. The van der Waals surface area contributed by atoms with Gasteiger partial charge in [-0.1, -0.05) is 20.3 Å². The lowest BCUT2D eigenvalue weighted by atomic mass is 9.81. The van der Waals surface area contributed by atoms with Crippen molar-refractivity contribution in [3.05, 3.63) is 0 Å². The molecule has 0 saturated heterocycles. The molecule has 1 fully saturated rings. The van der Waals surface area contributed by atoms with Gasteiger partial charge in [0.1, 0.15) is 0 Å². The molecule has 1 aliphatic rings. The fourth-order valence-electron chi connectivity index (χ4n) is 1.51. The van der Waals surface area contributed by atoms with Crippen molar-refractivity contribution in [1.82, 2.24) is 0 Å². The maximum absolute atomic E-state index is 12.8. The maximum atomic E-state index is 12.8. The smallest absolute Gasteiger partial charge is 0.207 e. The van der Waals surface area contributed by atoms with E-state index in [1.54, 1.807) is 6.92 Å². The van der Waals surface area contributed by atoms with Gasteiger partial charge in [0, 0.05) is 12.3 Å². The predicted octanol–water partition coefficient (Wildman–Crippen LogP) is 3.08. The van der Waals surface area contributed by atoms with Gasteiger partial charge in [0.25, 0.3) is 5.92 Å². The monoisotopic (exact) mass is 148 g/mol. The van der Waals surface area contributed by atoms with Crippen LogP contribution in [0.4, 0.5) is 8.78 Å². The second-order valence-electron chi connectivity index (χ2n) is 3.55. The first-order valence-corrected chi connectivity index (χ1v) is 3.90. The van der Waals surface area contributed by atoms with E-state index in [0.717, 1.165) is 6.42 Å². The average Bonchev–Trinajstić information content (AvgIpc) is 1.78. The number of rotatable bonds is 0. The fraction of sp³-hybridized carbons (Fsp3) is 1.00. The third-order valence-electron chi connectivity index (χ3n) is 2.43. The van der Waals surface area contributed by atoms with E-state index in [0.29, 0.717) is 6.42 Å². The number of alkyl halides is 2. The molecule has 2 atom stereocenters. The van der Waals surface area contributed by atoms with Crippen molar-refractivity contribution < 1.29 is 8.78 Å². The largest absolute Gasteiger partial charge is 0.250 e. The van der Waals surface area contributed by atoms with Gasteiger partial charge in [-0.15, -0.1) is 0 Å². The zero-order chi connectivity index (χ0) is 7.78. The lowest BCUT2D eigenvalue weighted by Gasteiger charge is -2.32. The van der Waals surface area contributed by atoms with Crippen LogP contribution in [0.25, 0.3) is 0 Å². The fourth-order valence-corrected chi connectivity index (χ4v) is 1.51.